The fraction of sp³-hybridized carbons (Fsp3) is 0.385. The minimum Gasteiger partial charge on any atom is -0.341 e. The molecule has 16 heavy (non-hydrogen) atoms. The lowest BCUT2D eigenvalue weighted by atomic mass is 10.1. The van der Waals surface area contributed by atoms with E-state index in [0.29, 0.717) is 0 Å². The van der Waals surface area contributed by atoms with Crippen LogP contribution in [0.1, 0.15) is 18.2 Å². The van der Waals surface area contributed by atoms with Gasteiger partial charge in [0.15, 0.2) is 0 Å². The summed E-state index contributed by atoms with van der Waals surface area (Å²) in [5, 5.41) is 5.63. The van der Waals surface area contributed by atoms with E-state index in [0.717, 1.165) is 31.1 Å². The zero-order chi connectivity index (χ0) is 11.1. The normalized spacial score (nSPS) is 15.4. The number of hydrogen-bond donors (Lipinski definition) is 1. The third-order valence-electron chi connectivity index (χ3n) is 3.41. The van der Waals surface area contributed by atoms with Gasteiger partial charge in [0.2, 0.25) is 0 Å². The van der Waals surface area contributed by atoms with Gasteiger partial charge in [-0.15, -0.1) is 0 Å². The number of halogens is 1. The fourth-order valence-electron chi connectivity index (χ4n) is 2.73. The van der Waals surface area contributed by atoms with E-state index in [1.165, 1.54) is 22.2 Å². The van der Waals surface area contributed by atoms with Crippen LogP contribution in [0.3, 0.4) is 0 Å². The Balaban J connectivity index is 2.42. The van der Waals surface area contributed by atoms with Crippen LogP contribution in [0.5, 0.6) is 0 Å². The van der Waals surface area contributed by atoms with Crippen LogP contribution in [-0.2, 0) is 19.5 Å². The molecular formula is C13H15ClN2. The number of fused-ring (bicyclic) bond motifs is 3. The van der Waals surface area contributed by atoms with Crippen LogP contribution in [0, 0.1) is 0 Å². The second kappa shape index (κ2) is 3.79. The van der Waals surface area contributed by atoms with Crippen molar-refractivity contribution in [3.63, 3.8) is 0 Å². The van der Waals surface area contributed by atoms with E-state index in [4.69, 9.17) is 11.6 Å². The van der Waals surface area contributed by atoms with Gasteiger partial charge in [0.25, 0.3) is 0 Å². The standard InChI is InChI=1S/C13H15ClN2/c1-2-9-10-4-3-5-11(14)13(10)16-7-6-15-8-12(9)16/h3-5,15H,2,6-8H2,1H3. The number of nitrogens with zero attached hydrogens (tertiary/aromatic N) is 1. The summed E-state index contributed by atoms with van der Waals surface area (Å²) in [5.41, 5.74) is 4.08. The number of aromatic nitrogens is 1. The Labute approximate surface area is 100 Å². The van der Waals surface area contributed by atoms with Crippen molar-refractivity contribution < 1.29 is 0 Å². The molecule has 0 bridgehead atoms. The Bertz CT molecular complexity index is 542. The first-order valence-corrected chi connectivity index (χ1v) is 6.20. The molecule has 0 radical (unpaired) electrons. The fourth-order valence-corrected chi connectivity index (χ4v) is 3.00. The van der Waals surface area contributed by atoms with E-state index in [9.17, 15) is 0 Å². The second-order valence-corrected chi connectivity index (χ2v) is 4.65. The highest BCUT2D eigenvalue weighted by atomic mass is 35.5. The van der Waals surface area contributed by atoms with Gasteiger partial charge in [0.05, 0.1) is 10.5 Å². The number of hydrogen-bond acceptors (Lipinski definition) is 1. The number of aryl methyl sites for hydroxylation is 1. The molecule has 2 heterocycles. The topological polar surface area (TPSA) is 17.0 Å². The van der Waals surface area contributed by atoms with Gasteiger partial charge in [-0.2, -0.15) is 0 Å². The molecule has 0 fully saturated rings. The molecule has 0 aliphatic carbocycles. The largest absolute Gasteiger partial charge is 0.341 e. The molecule has 1 aliphatic heterocycles. The summed E-state index contributed by atoms with van der Waals surface area (Å²) in [7, 11) is 0. The van der Waals surface area contributed by atoms with Gasteiger partial charge < -0.3 is 9.88 Å². The van der Waals surface area contributed by atoms with Crippen LogP contribution in [0.25, 0.3) is 10.9 Å². The van der Waals surface area contributed by atoms with Crippen molar-refractivity contribution in [3.8, 4) is 0 Å². The van der Waals surface area contributed by atoms with E-state index in [1.54, 1.807) is 0 Å². The third-order valence-corrected chi connectivity index (χ3v) is 3.72. The maximum absolute atomic E-state index is 6.32. The third kappa shape index (κ3) is 1.30. The molecule has 2 aromatic rings. The van der Waals surface area contributed by atoms with E-state index >= 15 is 0 Å². The summed E-state index contributed by atoms with van der Waals surface area (Å²) in [4.78, 5) is 0. The lowest BCUT2D eigenvalue weighted by Crippen LogP contribution is -2.28. The van der Waals surface area contributed by atoms with Gasteiger partial charge in [-0.1, -0.05) is 30.7 Å². The van der Waals surface area contributed by atoms with Crippen LogP contribution in [-0.4, -0.2) is 11.1 Å². The summed E-state index contributed by atoms with van der Waals surface area (Å²) in [6.45, 7) is 5.24. The molecule has 1 aromatic carbocycles. The molecule has 1 aliphatic rings. The minimum absolute atomic E-state index is 0.875. The van der Waals surface area contributed by atoms with E-state index in [-0.39, 0.29) is 0 Å². The first-order valence-electron chi connectivity index (χ1n) is 5.82. The molecule has 0 atom stereocenters. The van der Waals surface area contributed by atoms with Crippen molar-refractivity contribution in [2.24, 2.45) is 0 Å². The first-order chi connectivity index (χ1) is 7.83. The van der Waals surface area contributed by atoms with Gasteiger partial charge in [-0.05, 0) is 18.1 Å². The summed E-state index contributed by atoms with van der Waals surface area (Å²) in [5.74, 6) is 0. The Morgan fingerprint density at radius 3 is 3.12 bits per heavy atom. The van der Waals surface area contributed by atoms with Gasteiger partial charge in [-0.3, -0.25) is 0 Å². The smallest absolute Gasteiger partial charge is 0.0675 e. The Hall–Kier alpha value is -0.990. The average molecular weight is 235 g/mol. The van der Waals surface area contributed by atoms with Gasteiger partial charge >= 0.3 is 0 Å². The highest BCUT2D eigenvalue weighted by Gasteiger charge is 2.19. The Morgan fingerprint density at radius 1 is 1.44 bits per heavy atom. The number of benzene rings is 1. The van der Waals surface area contributed by atoms with Crippen molar-refractivity contribution in [2.45, 2.75) is 26.4 Å². The molecule has 0 saturated heterocycles. The molecular weight excluding hydrogens is 220 g/mol. The molecule has 0 saturated carbocycles. The van der Waals surface area contributed by atoms with Gasteiger partial charge in [0, 0.05) is 30.7 Å². The van der Waals surface area contributed by atoms with Crippen LogP contribution in [0.4, 0.5) is 0 Å². The zero-order valence-corrected chi connectivity index (χ0v) is 10.1. The van der Waals surface area contributed by atoms with Crippen LogP contribution >= 0.6 is 11.6 Å². The predicted octanol–water partition coefficient (Wildman–Crippen LogP) is 2.96. The molecule has 1 aromatic heterocycles. The summed E-state index contributed by atoms with van der Waals surface area (Å²) in [6.07, 6.45) is 1.07. The quantitative estimate of drug-likeness (QED) is 0.803. The van der Waals surface area contributed by atoms with Gasteiger partial charge in [-0.25, -0.2) is 0 Å². The maximum atomic E-state index is 6.32. The number of rotatable bonds is 1. The second-order valence-electron chi connectivity index (χ2n) is 4.24. The minimum atomic E-state index is 0.875. The van der Waals surface area contributed by atoms with Gasteiger partial charge in [0.1, 0.15) is 0 Å². The molecule has 1 N–H and O–H groups in total. The Morgan fingerprint density at radius 2 is 2.31 bits per heavy atom. The predicted molar refractivity (Wildman–Crippen MR) is 68.0 cm³/mol. The van der Waals surface area contributed by atoms with Crippen molar-refractivity contribution in [2.75, 3.05) is 6.54 Å². The molecule has 3 heteroatoms. The molecule has 3 rings (SSSR count). The van der Waals surface area contributed by atoms with Crippen LogP contribution in [0.2, 0.25) is 5.02 Å². The molecule has 84 valence electrons. The lowest BCUT2D eigenvalue weighted by molar-refractivity contribution is 0.523. The van der Waals surface area contributed by atoms with E-state index < -0.39 is 0 Å². The van der Waals surface area contributed by atoms with E-state index in [2.05, 4.69) is 22.9 Å². The maximum Gasteiger partial charge on any atom is 0.0675 e. The number of para-hydroxylation sites is 1. The van der Waals surface area contributed by atoms with Crippen molar-refractivity contribution in [1.29, 1.82) is 0 Å². The Kier molecular flexibility index (Phi) is 2.41. The first kappa shape index (κ1) is 10.2. The monoisotopic (exact) mass is 234 g/mol. The van der Waals surface area contributed by atoms with Crippen molar-refractivity contribution in [1.82, 2.24) is 9.88 Å². The molecule has 2 nitrogen and oxygen atoms in total. The van der Waals surface area contributed by atoms with E-state index in [1.807, 2.05) is 12.1 Å². The summed E-state index contributed by atoms with van der Waals surface area (Å²) >= 11 is 6.32. The highest BCUT2D eigenvalue weighted by Crippen LogP contribution is 2.32. The summed E-state index contributed by atoms with van der Waals surface area (Å²) < 4.78 is 2.38. The highest BCUT2D eigenvalue weighted by molar-refractivity contribution is 6.35. The SMILES string of the molecule is CCc1c2n(c3c(Cl)cccc13)CCNC2. The van der Waals surface area contributed by atoms with Crippen molar-refractivity contribution >= 4 is 22.5 Å². The lowest BCUT2D eigenvalue weighted by Gasteiger charge is -2.18. The summed E-state index contributed by atoms with van der Waals surface area (Å²) in [6, 6.07) is 6.22. The molecule has 0 amide bonds. The zero-order valence-electron chi connectivity index (χ0n) is 9.39. The number of nitrogens with one attached hydrogen (secondary N) is 1. The molecule has 0 unspecified atom stereocenters. The average Bonchev–Trinajstić information content (AvgIpc) is 2.64. The van der Waals surface area contributed by atoms with Crippen molar-refractivity contribution in [3.05, 3.63) is 34.5 Å². The molecule has 0 spiro atoms. The van der Waals surface area contributed by atoms with Crippen LogP contribution in [0.15, 0.2) is 18.2 Å². The van der Waals surface area contributed by atoms with Crippen LogP contribution < -0.4 is 5.32 Å².